The molecule has 0 heterocycles. The number of rotatable bonds is 4. The molecule has 0 aromatic heterocycles. The summed E-state index contributed by atoms with van der Waals surface area (Å²) in [6.45, 7) is 6.20. The SMILES string of the molecule is CC=C(CC)CC(C)NC(=O)N(C)C. The molecule has 0 saturated carbocycles. The number of allylic oxidation sites excluding steroid dienone is 1. The third-order valence-electron chi connectivity index (χ3n) is 2.21. The number of amides is 2. The first kappa shape index (κ1) is 13.0. The van der Waals surface area contributed by atoms with E-state index in [0.717, 1.165) is 12.8 Å². The predicted molar refractivity (Wildman–Crippen MR) is 60.3 cm³/mol. The number of nitrogens with zero attached hydrogens (tertiary/aromatic N) is 1. The predicted octanol–water partition coefficient (Wildman–Crippen LogP) is 2.39. The van der Waals surface area contributed by atoms with Gasteiger partial charge in [0.15, 0.2) is 0 Å². The second-order valence-electron chi connectivity index (χ2n) is 3.75. The minimum atomic E-state index is -0.0240. The van der Waals surface area contributed by atoms with Gasteiger partial charge in [-0.2, -0.15) is 0 Å². The van der Waals surface area contributed by atoms with Crippen LogP contribution in [0.15, 0.2) is 11.6 Å². The van der Waals surface area contributed by atoms with Crippen LogP contribution in [-0.4, -0.2) is 31.1 Å². The molecule has 3 heteroatoms. The molecule has 1 unspecified atom stereocenters. The first-order chi connectivity index (χ1) is 6.51. The molecule has 0 rings (SSSR count). The number of urea groups is 1. The first-order valence-electron chi connectivity index (χ1n) is 5.13. The second-order valence-corrected chi connectivity index (χ2v) is 3.75. The van der Waals surface area contributed by atoms with Gasteiger partial charge < -0.3 is 10.2 Å². The van der Waals surface area contributed by atoms with Crippen LogP contribution < -0.4 is 5.32 Å². The molecular formula is C11H22N2O. The van der Waals surface area contributed by atoms with Crippen molar-refractivity contribution in [2.24, 2.45) is 0 Å². The Bertz CT molecular complexity index is 209. The average molecular weight is 198 g/mol. The normalized spacial score (nSPS) is 13.6. The lowest BCUT2D eigenvalue weighted by Crippen LogP contribution is -2.40. The van der Waals surface area contributed by atoms with Gasteiger partial charge in [0.25, 0.3) is 0 Å². The molecule has 0 aromatic rings. The van der Waals surface area contributed by atoms with Gasteiger partial charge in [-0.05, 0) is 26.7 Å². The average Bonchev–Trinajstić information content (AvgIpc) is 2.13. The number of carbonyl (C=O) groups excluding carboxylic acids is 1. The van der Waals surface area contributed by atoms with E-state index in [4.69, 9.17) is 0 Å². The van der Waals surface area contributed by atoms with Gasteiger partial charge in [0.05, 0.1) is 0 Å². The van der Waals surface area contributed by atoms with Crippen molar-refractivity contribution in [1.29, 1.82) is 0 Å². The molecule has 1 atom stereocenters. The number of carbonyl (C=O) groups is 1. The number of hydrogen-bond acceptors (Lipinski definition) is 1. The van der Waals surface area contributed by atoms with E-state index in [-0.39, 0.29) is 12.1 Å². The summed E-state index contributed by atoms with van der Waals surface area (Å²) in [6.07, 6.45) is 4.11. The largest absolute Gasteiger partial charge is 0.335 e. The Morgan fingerprint density at radius 1 is 1.50 bits per heavy atom. The molecule has 0 aliphatic heterocycles. The fourth-order valence-electron chi connectivity index (χ4n) is 1.25. The topological polar surface area (TPSA) is 32.3 Å². The van der Waals surface area contributed by atoms with Crippen LogP contribution in [0.3, 0.4) is 0 Å². The summed E-state index contributed by atoms with van der Waals surface area (Å²) in [4.78, 5) is 12.9. The van der Waals surface area contributed by atoms with Crippen LogP contribution in [0.4, 0.5) is 4.79 Å². The minimum Gasteiger partial charge on any atom is -0.335 e. The van der Waals surface area contributed by atoms with Gasteiger partial charge in [0.1, 0.15) is 0 Å². The molecule has 0 aliphatic rings. The van der Waals surface area contributed by atoms with Crippen molar-refractivity contribution in [3.05, 3.63) is 11.6 Å². The highest BCUT2D eigenvalue weighted by molar-refractivity contribution is 5.73. The van der Waals surface area contributed by atoms with Gasteiger partial charge in [-0.15, -0.1) is 0 Å². The van der Waals surface area contributed by atoms with E-state index >= 15 is 0 Å². The Labute approximate surface area is 87.2 Å². The molecule has 14 heavy (non-hydrogen) atoms. The van der Waals surface area contributed by atoms with E-state index in [0.29, 0.717) is 0 Å². The molecular weight excluding hydrogens is 176 g/mol. The Balaban J connectivity index is 3.98. The molecule has 0 bridgehead atoms. The van der Waals surface area contributed by atoms with Crippen molar-refractivity contribution in [2.45, 2.75) is 39.7 Å². The highest BCUT2D eigenvalue weighted by Crippen LogP contribution is 2.09. The van der Waals surface area contributed by atoms with Crippen LogP contribution in [-0.2, 0) is 0 Å². The molecule has 0 spiro atoms. The van der Waals surface area contributed by atoms with Crippen LogP contribution in [0.5, 0.6) is 0 Å². The van der Waals surface area contributed by atoms with Crippen molar-refractivity contribution in [3.8, 4) is 0 Å². The molecule has 0 radical (unpaired) electrons. The molecule has 82 valence electrons. The van der Waals surface area contributed by atoms with E-state index < -0.39 is 0 Å². The third-order valence-corrected chi connectivity index (χ3v) is 2.21. The van der Waals surface area contributed by atoms with E-state index in [1.807, 2.05) is 13.8 Å². The van der Waals surface area contributed by atoms with Gasteiger partial charge >= 0.3 is 6.03 Å². The van der Waals surface area contributed by atoms with Crippen molar-refractivity contribution in [2.75, 3.05) is 14.1 Å². The fourth-order valence-corrected chi connectivity index (χ4v) is 1.25. The van der Waals surface area contributed by atoms with E-state index in [2.05, 4.69) is 18.3 Å². The molecule has 2 amide bonds. The van der Waals surface area contributed by atoms with Crippen LogP contribution in [0.2, 0.25) is 0 Å². The zero-order valence-electron chi connectivity index (χ0n) is 9.92. The lowest BCUT2D eigenvalue weighted by atomic mass is 10.1. The van der Waals surface area contributed by atoms with Crippen LogP contribution in [0, 0.1) is 0 Å². The summed E-state index contributed by atoms with van der Waals surface area (Å²) in [6, 6.07) is 0.181. The van der Waals surface area contributed by atoms with Crippen molar-refractivity contribution in [3.63, 3.8) is 0 Å². The molecule has 3 nitrogen and oxygen atoms in total. The lowest BCUT2D eigenvalue weighted by Gasteiger charge is -2.18. The Morgan fingerprint density at radius 3 is 2.43 bits per heavy atom. The summed E-state index contributed by atoms with van der Waals surface area (Å²) < 4.78 is 0. The maximum atomic E-state index is 11.3. The zero-order chi connectivity index (χ0) is 11.1. The maximum Gasteiger partial charge on any atom is 0.317 e. The van der Waals surface area contributed by atoms with Gasteiger partial charge in [0, 0.05) is 20.1 Å². The maximum absolute atomic E-state index is 11.3. The smallest absolute Gasteiger partial charge is 0.317 e. The molecule has 0 saturated heterocycles. The standard InChI is InChI=1S/C11H22N2O/c1-6-10(7-2)8-9(3)12-11(14)13(4)5/h6,9H,7-8H2,1-5H3,(H,12,14). The van der Waals surface area contributed by atoms with Gasteiger partial charge in [-0.1, -0.05) is 18.6 Å². The van der Waals surface area contributed by atoms with Gasteiger partial charge in [-0.25, -0.2) is 4.79 Å². The minimum absolute atomic E-state index is 0.0240. The number of hydrogen-bond donors (Lipinski definition) is 1. The second kappa shape index (κ2) is 6.46. The van der Waals surface area contributed by atoms with E-state index in [9.17, 15) is 4.79 Å². The highest BCUT2D eigenvalue weighted by Gasteiger charge is 2.09. The first-order valence-corrected chi connectivity index (χ1v) is 5.13. The summed E-state index contributed by atoms with van der Waals surface area (Å²) >= 11 is 0. The Hall–Kier alpha value is -0.990. The van der Waals surface area contributed by atoms with Crippen LogP contribution in [0.25, 0.3) is 0 Å². The Morgan fingerprint density at radius 2 is 2.07 bits per heavy atom. The molecule has 0 aromatic carbocycles. The Kier molecular flexibility index (Phi) is 6.00. The quantitative estimate of drug-likeness (QED) is 0.691. The van der Waals surface area contributed by atoms with Gasteiger partial charge in [-0.3, -0.25) is 0 Å². The van der Waals surface area contributed by atoms with Crippen molar-refractivity contribution >= 4 is 6.03 Å². The summed E-state index contributed by atoms with van der Waals surface area (Å²) in [5.74, 6) is 0. The van der Waals surface area contributed by atoms with Crippen molar-refractivity contribution < 1.29 is 4.79 Å². The summed E-state index contributed by atoms with van der Waals surface area (Å²) in [5, 5.41) is 2.92. The monoisotopic (exact) mass is 198 g/mol. The zero-order valence-corrected chi connectivity index (χ0v) is 9.92. The van der Waals surface area contributed by atoms with Crippen molar-refractivity contribution in [1.82, 2.24) is 10.2 Å². The molecule has 0 fully saturated rings. The number of nitrogens with one attached hydrogen (secondary N) is 1. The lowest BCUT2D eigenvalue weighted by molar-refractivity contribution is 0.214. The summed E-state index contributed by atoms with van der Waals surface area (Å²) in [7, 11) is 3.50. The molecule has 0 aliphatic carbocycles. The fraction of sp³-hybridized carbons (Fsp3) is 0.727. The van der Waals surface area contributed by atoms with Crippen LogP contribution >= 0.6 is 0 Å². The van der Waals surface area contributed by atoms with Crippen LogP contribution in [0.1, 0.15) is 33.6 Å². The molecule has 1 N–H and O–H groups in total. The third kappa shape index (κ3) is 4.90. The summed E-state index contributed by atoms with van der Waals surface area (Å²) in [5.41, 5.74) is 1.39. The van der Waals surface area contributed by atoms with E-state index in [1.54, 1.807) is 19.0 Å². The van der Waals surface area contributed by atoms with E-state index in [1.165, 1.54) is 5.57 Å². The highest BCUT2D eigenvalue weighted by atomic mass is 16.2. The van der Waals surface area contributed by atoms with Gasteiger partial charge in [0.2, 0.25) is 0 Å².